The van der Waals surface area contributed by atoms with Crippen LogP contribution in [0.25, 0.3) is 54.9 Å². The van der Waals surface area contributed by atoms with E-state index in [0.717, 1.165) is 83.1 Å². The van der Waals surface area contributed by atoms with Crippen LogP contribution in [-0.4, -0.2) is 5.78 Å². The summed E-state index contributed by atoms with van der Waals surface area (Å²) in [5.74, 6) is -0.541. The van der Waals surface area contributed by atoms with Crippen molar-refractivity contribution in [3.63, 3.8) is 0 Å². The van der Waals surface area contributed by atoms with Gasteiger partial charge in [-0.05, 0) is 45.2 Å². The van der Waals surface area contributed by atoms with Crippen LogP contribution in [0.2, 0.25) is 0 Å². The van der Waals surface area contributed by atoms with E-state index in [9.17, 15) is 9.90 Å². The molecule has 0 saturated heterocycles. The maximum atomic E-state index is 14.8. The summed E-state index contributed by atoms with van der Waals surface area (Å²) in [5, 5.41) is 31.5. The maximum Gasteiger partial charge on any atom is 0.193 e. The fourth-order valence-electron chi connectivity index (χ4n) is 10.3. The van der Waals surface area contributed by atoms with Crippen LogP contribution in [0, 0.1) is 0 Å². The largest absolute Gasteiger partial charge is 0.871 e. The second-order valence-electron chi connectivity index (χ2n) is 15.3. The van der Waals surface area contributed by atoms with Gasteiger partial charge < -0.3 is 21.1 Å². The monoisotopic (exact) mass is 717 g/mol. The molecular formula is C50H29N4O2-. The Labute approximate surface area is 320 Å². The molecule has 2 aliphatic heterocycles. The zero-order valence-corrected chi connectivity index (χ0v) is 29.8. The van der Waals surface area contributed by atoms with E-state index in [1.807, 2.05) is 48.5 Å². The summed E-state index contributed by atoms with van der Waals surface area (Å²) in [5.41, 5.74) is 10.6. The minimum absolute atomic E-state index is 0.174. The molecule has 3 aliphatic carbocycles. The van der Waals surface area contributed by atoms with Crippen molar-refractivity contribution in [2.45, 2.75) is 11.3 Å². The van der Waals surface area contributed by atoms with Gasteiger partial charge >= 0.3 is 0 Å². The van der Waals surface area contributed by atoms with Gasteiger partial charge in [-0.3, -0.25) is 4.79 Å². The lowest BCUT2D eigenvalue weighted by Crippen LogP contribution is -2.46. The van der Waals surface area contributed by atoms with E-state index in [1.165, 1.54) is 0 Å². The summed E-state index contributed by atoms with van der Waals surface area (Å²) in [6.07, 6.45) is 0. The Kier molecular flexibility index (Phi) is 5.45. The van der Waals surface area contributed by atoms with E-state index in [4.69, 9.17) is 4.99 Å². The Balaban J connectivity index is 1.06. The number of allylic oxidation sites excluding steroid dienone is 2. The fraction of sp³-hybridized carbons (Fsp3) is 0.0400. The van der Waals surface area contributed by atoms with Crippen molar-refractivity contribution < 1.29 is 9.90 Å². The summed E-state index contributed by atoms with van der Waals surface area (Å²) in [4.78, 5) is 20.4. The Morgan fingerprint density at radius 2 is 1.00 bits per heavy atom. The number of rotatable bonds is 1. The molecule has 0 atom stereocenters. The number of nitrogens with zero attached hydrogens (tertiary/aromatic N) is 1. The molecule has 56 heavy (non-hydrogen) atoms. The molecule has 262 valence electrons. The second-order valence-corrected chi connectivity index (χ2v) is 15.3. The van der Waals surface area contributed by atoms with Crippen LogP contribution in [0.15, 0.2) is 168 Å². The maximum absolute atomic E-state index is 14.8. The molecule has 0 aromatic heterocycles. The number of carbonyl (C=O) groups is 1. The van der Waals surface area contributed by atoms with Crippen molar-refractivity contribution in [2.24, 2.45) is 4.99 Å². The number of fused-ring (bicyclic) bond motifs is 10. The first-order valence-corrected chi connectivity index (χ1v) is 19.0. The number of nitrogens with one attached hydrogen (secondary N) is 3. The molecule has 0 fully saturated rings. The molecule has 2 spiro atoms. The molecule has 2 heterocycles. The lowest BCUT2D eigenvalue weighted by atomic mass is 9.79. The molecule has 8 aromatic rings. The number of Topliss-reactive ketones (excluding diaryl/α,β-unsaturated/α-hetero) is 1. The number of ketones is 1. The minimum atomic E-state index is -0.925. The van der Waals surface area contributed by atoms with Crippen LogP contribution in [0.1, 0.15) is 27.8 Å². The quantitative estimate of drug-likeness (QED) is 0.160. The highest BCUT2D eigenvalue weighted by atomic mass is 16.3. The summed E-state index contributed by atoms with van der Waals surface area (Å²) >= 11 is 0. The van der Waals surface area contributed by atoms with E-state index in [-0.39, 0.29) is 22.7 Å². The normalized spacial score (nSPS) is 17.7. The van der Waals surface area contributed by atoms with Gasteiger partial charge in [-0.15, -0.1) is 0 Å². The van der Waals surface area contributed by atoms with E-state index in [1.54, 1.807) is 0 Å². The lowest BCUT2D eigenvalue weighted by Gasteiger charge is -2.42. The zero-order valence-electron chi connectivity index (χ0n) is 29.8. The highest BCUT2D eigenvalue weighted by Crippen LogP contribution is 2.55. The van der Waals surface area contributed by atoms with Gasteiger partial charge in [0.1, 0.15) is 0 Å². The molecule has 6 heteroatoms. The topological polar surface area (TPSA) is 88.6 Å². The molecule has 0 amide bonds. The van der Waals surface area contributed by atoms with Crippen LogP contribution >= 0.6 is 0 Å². The van der Waals surface area contributed by atoms with Gasteiger partial charge in [0.15, 0.2) is 17.1 Å². The Morgan fingerprint density at radius 3 is 1.62 bits per heavy atom. The smallest absolute Gasteiger partial charge is 0.193 e. The van der Waals surface area contributed by atoms with Crippen LogP contribution in [0.4, 0.5) is 17.1 Å². The van der Waals surface area contributed by atoms with Crippen LogP contribution in [-0.2, 0) is 16.1 Å². The molecule has 5 aliphatic rings. The first-order chi connectivity index (χ1) is 27.6. The first kappa shape index (κ1) is 29.9. The Hall–Kier alpha value is -7.44. The molecule has 8 aromatic carbocycles. The molecule has 13 rings (SSSR count). The number of anilines is 3. The molecule has 0 radical (unpaired) electrons. The third-order valence-electron chi connectivity index (χ3n) is 12.6. The molecular weight excluding hydrogens is 689 g/mol. The average Bonchev–Trinajstić information content (AvgIpc) is 3.66. The summed E-state index contributed by atoms with van der Waals surface area (Å²) < 4.78 is 0. The van der Waals surface area contributed by atoms with Crippen LogP contribution in [0.3, 0.4) is 0 Å². The molecule has 0 bridgehead atoms. The highest BCUT2D eigenvalue weighted by Gasteiger charge is 2.48. The van der Waals surface area contributed by atoms with E-state index < -0.39 is 11.3 Å². The van der Waals surface area contributed by atoms with Gasteiger partial charge in [0.2, 0.25) is 0 Å². The molecule has 6 nitrogen and oxygen atoms in total. The predicted molar refractivity (Wildman–Crippen MR) is 220 cm³/mol. The number of carbonyl (C=O) groups excluding carboxylic acids is 1. The van der Waals surface area contributed by atoms with Crippen molar-refractivity contribution >= 4 is 55.5 Å². The van der Waals surface area contributed by atoms with Gasteiger partial charge in [-0.2, -0.15) is 0 Å². The van der Waals surface area contributed by atoms with Crippen LogP contribution in [0.5, 0.6) is 0 Å². The molecule has 3 N–H and O–H groups in total. The van der Waals surface area contributed by atoms with Crippen LogP contribution < -0.4 is 31.6 Å². The van der Waals surface area contributed by atoms with E-state index in [2.05, 4.69) is 125 Å². The number of hydrogen-bond acceptors (Lipinski definition) is 6. The predicted octanol–water partition coefficient (Wildman–Crippen LogP) is 8.14. The van der Waals surface area contributed by atoms with Gasteiger partial charge in [0.25, 0.3) is 0 Å². The van der Waals surface area contributed by atoms with Crippen molar-refractivity contribution in [1.29, 1.82) is 0 Å². The summed E-state index contributed by atoms with van der Waals surface area (Å²) in [7, 11) is 0. The van der Waals surface area contributed by atoms with Crippen molar-refractivity contribution in [3.8, 4) is 22.3 Å². The Bertz CT molecular complexity index is 3250. The third kappa shape index (κ3) is 3.48. The number of hydrogen-bond donors (Lipinski definition) is 3. The molecule has 0 unspecified atom stereocenters. The second kappa shape index (κ2) is 10.2. The zero-order chi connectivity index (χ0) is 36.9. The fourth-order valence-corrected chi connectivity index (χ4v) is 10.3. The van der Waals surface area contributed by atoms with Crippen molar-refractivity contribution in [3.05, 3.63) is 202 Å². The van der Waals surface area contributed by atoms with E-state index >= 15 is 0 Å². The highest BCUT2D eigenvalue weighted by molar-refractivity contribution is 6.52. The van der Waals surface area contributed by atoms with Gasteiger partial charge in [0.05, 0.1) is 11.0 Å². The summed E-state index contributed by atoms with van der Waals surface area (Å²) in [6, 6.07) is 53.7. The number of benzene rings is 8. The van der Waals surface area contributed by atoms with Gasteiger partial charge in [-0.1, -0.05) is 151 Å². The van der Waals surface area contributed by atoms with Gasteiger partial charge in [0, 0.05) is 66.3 Å². The molecule has 0 saturated carbocycles. The summed E-state index contributed by atoms with van der Waals surface area (Å²) in [6.45, 7) is 0. The third-order valence-corrected chi connectivity index (χ3v) is 12.6. The van der Waals surface area contributed by atoms with Gasteiger partial charge in [-0.25, -0.2) is 4.99 Å². The average molecular weight is 718 g/mol. The SMILES string of the molecule is O=C1C(c2ccc3cccc4c3c2NC2(N4)c3ccccc3-c3ccccc32)=C([O-])/C1=c1/ccc2cccc3c2c1=NC1(N3)c2ccccc2-c2ccccc21. The van der Waals surface area contributed by atoms with Crippen molar-refractivity contribution in [2.75, 3.05) is 16.0 Å². The Morgan fingerprint density at radius 1 is 0.464 bits per heavy atom. The minimum Gasteiger partial charge on any atom is -0.871 e. The standard InChI is InChI=1S/C50H30N4O2/c55-47-43(33-25-23-27-11-9-21-39-41(27)45(33)53-49(51-39)35-17-5-1-13-29(35)30-14-2-6-18-36(30)49)48(56)44(47)34-26-24-28-12-10-22-40-42(28)46(34)54-50(52-40)37-19-7-3-15-31(37)32-16-4-8-20-38(32)50/h1-26,51-53,55H/p-1/b44-34+. The first-order valence-electron chi connectivity index (χ1n) is 19.0. The lowest BCUT2D eigenvalue weighted by molar-refractivity contribution is -0.292. The van der Waals surface area contributed by atoms with E-state index in [0.29, 0.717) is 16.1 Å². The van der Waals surface area contributed by atoms with Crippen molar-refractivity contribution in [1.82, 2.24) is 0 Å².